The van der Waals surface area contributed by atoms with E-state index in [1.165, 1.54) is 19.3 Å². The predicted molar refractivity (Wildman–Crippen MR) is 45.9 cm³/mol. The van der Waals surface area contributed by atoms with Crippen LogP contribution in [-0.2, 0) is 9.53 Å². The summed E-state index contributed by atoms with van der Waals surface area (Å²) in [6, 6.07) is 0. The van der Waals surface area contributed by atoms with Gasteiger partial charge in [-0.05, 0) is 37.5 Å². The monoisotopic (exact) mass is 168 g/mol. The summed E-state index contributed by atoms with van der Waals surface area (Å²) in [5.74, 6) is 0.984. The molecule has 0 aromatic rings. The van der Waals surface area contributed by atoms with Gasteiger partial charge in [-0.2, -0.15) is 0 Å². The van der Waals surface area contributed by atoms with E-state index in [0.717, 1.165) is 19.6 Å². The molecular formula is C10H16O2. The van der Waals surface area contributed by atoms with Crippen molar-refractivity contribution in [1.82, 2.24) is 0 Å². The molecule has 1 saturated carbocycles. The average Bonchev–Trinajstić information content (AvgIpc) is 2.63. The fraction of sp³-hybridized carbons (Fsp3) is 0.900. The molecule has 0 aromatic carbocycles. The van der Waals surface area contributed by atoms with Crippen LogP contribution in [0.25, 0.3) is 0 Å². The summed E-state index contributed by atoms with van der Waals surface area (Å²) in [5.41, 5.74) is 0.434. The smallest absolute Gasteiger partial charge is 0.130 e. The number of ether oxygens (including phenoxy) is 1. The number of hydrogen-bond donors (Lipinski definition) is 0. The Morgan fingerprint density at radius 1 is 1.67 bits per heavy atom. The molecule has 0 N–H and O–H groups in total. The summed E-state index contributed by atoms with van der Waals surface area (Å²) < 4.78 is 5.45. The van der Waals surface area contributed by atoms with Crippen molar-refractivity contribution < 1.29 is 9.53 Å². The minimum Gasteiger partial charge on any atom is -0.381 e. The first kappa shape index (κ1) is 8.24. The molecule has 1 aliphatic carbocycles. The zero-order valence-corrected chi connectivity index (χ0v) is 7.64. The van der Waals surface area contributed by atoms with Gasteiger partial charge in [-0.1, -0.05) is 0 Å². The molecule has 0 amide bonds. The second-order valence-electron chi connectivity index (χ2n) is 4.33. The molecule has 1 aliphatic heterocycles. The summed E-state index contributed by atoms with van der Waals surface area (Å²) in [4.78, 5) is 10.9. The molecule has 2 nitrogen and oxygen atoms in total. The number of rotatable bonds is 2. The molecule has 12 heavy (non-hydrogen) atoms. The Hall–Kier alpha value is -0.370. The SMILES string of the molecule is CC(=O)CC1CC12CCCOC2. The van der Waals surface area contributed by atoms with Crippen LogP contribution in [0.4, 0.5) is 0 Å². The molecule has 0 bridgehead atoms. The molecule has 0 aromatic heterocycles. The third-order valence-corrected chi connectivity index (χ3v) is 3.25. The van der Waals surface area contributed by atoms with Gasteiger partial charge in [-0.15, -0.1) is 0 Å². The van der Waals surface area contributed by atoms with Crippen LogP contribution in [0, 0.1) is 11.3 Å². The maximum absolute atomic E-state index is 10.9. The van der Waals surface area contributed by atoms with Gasteiger partial charge < -0.3 is 9.53 Å². The van der Waals surface area contributed by atoms with E-state index in [-0.39, 0.29) is 0 Å². The molecule has 0 radical (unpaired) electrons. The largest absolute Gasteiger partial charge is 0.381 e. The van der Waals surface area contributed by atoms with Crippen molar-refractivity contribution in [3.05, 3.63) is 0 Å². The van der Waals surface area contributed by atoms with Gasteiger partial charge in [0.15, 0.2) is 0 Å². The van der Waals surface area contributed by atoms with E-state index in [9.17, 15) is 4.79 Å². The predicted octanol–water partition coefficient (Wildman–Crippen LogP) is 1.78. The van der Waals surface area contributed by atoms with E-state index in [0.29, 0.717) is 17.1 Å². The number of ketones is 1. The Morgan fingerprint density at radius 2 is 2.50 bits per heavy atom. The first-order chi connectivity index (χ1) is 5.73. The summed E-state index contributed by atoms with van der Waals surface area (Å²) in [5, 5.41) is 0. The minimum absolute atomic E-state index is 0.336. The van der Waals surface area contributed by atoms with Gasteiger partial charge in [0.05, 0.1) is 6.61 Å². The lowest BCUT2D eigenvalue weighted by molar-refractivity contribution is -0.117. The lowest BCUT2D eigenvalue weighted by Crippen LogP contribution is -2.20. The maximum atomic E-state index is 10.9. The van der Waals surface area contributed by atoms with Gasteiger partial charge in [0.25, 0.3) is 0 Å². The topological polar surface area (TPSA) is 26.3 Å². The molecular weight excluding hydrogens is 152 g/mol. The molecule has 68 valence electrons. The normalized spacial score (nSPS) is 39.9. The summed E-state index contributed by atoms with van der Waals surface area (Å²) in [6.07, 6.45) is 4.48. The Labute approximate surface area is 73.3 Å². The molecule has 1 heterocycles. The van der Waals surface area contributed by atoms with Crippen LogP contribution < -0.4 is 0 Å². The van der Waals surface area contributed by atoms with Gasteiger partial charge in [-0.25, -0.2) is 0 Å². The maximum Gasteiger partial charge on any atom is 0.130 e. The molecule has 2 fully saturated rings. The van der Waals surface area contributed by atoms with Crippen molar-refractivity contribution in [3.8, 4) is 0 Å². The Morgan fingerprint density at radius 3 is 3.08 bits per heavy atom. The quantitative estimate of drug-likeness (QED) is 0.628. The highest BCUT2D eigenvalue weighted by Crippen LogP contribution is 2.59. The van der Waals surface area contributed by atoms with Gasteiger partial charge >= 0.3 is 0 Å². The van der Waals surface area contributed by atoms with Gasteiger partial charge in [0.1, 0.15) is 5.78 Å². The molecule has 2 unspecified atom stereocenters. The van der Waals surface area contributed by atoms with Crippen LogP contribution in [0.2, 0.25) is 0 Å². The molecule has 1 saturated heterocycles. The zero-order chi connectivity index (χ0) is 8.60. The average molecular weight is 168 g/mol. The summed E-state index contributed by atoms with van der Waals surface area (Å²) >= 11 is 0. The van der Waals surface area contributed by atoms with Gasteiger partial charge in [-0.3, -0.25) is 0 Å². The van der Waals surface area contributed by atoms with Crippen molar-refractivity contribution >= 4 is 5.78 Å². The fourth-order valence-electron chi connectivity index (χ4n) is 2.42. The summed E-state index contributed by atoms with van der Waals surface area (Å²) in [7, 11) is 0. The van der Waals surface area contributed by atoms with Crippen LogP contribution in [0.15, 0.2) is 0 Å². The van der Waals surface area contributed by atoms with Crippen LogP contribution in [-0.4, -0.2) is 19.0 Å². The fourth-order valence-corrected chi connectivity index (χ4v) is 2.42. The molecule has 2 heteroatoms. The minimum atomic E-state index is 0.336. The lowest BCUT2D eigenvalue weighted by atomic mass is 9.94. The third-order valence-electron chi connectivity index (χ3n) is 3.25. The van der Waals surface area contributed by atoms with E-state index >= 15 is 0 Å². The van der Waals surface area contributed by atoms with Gasteiger partial charge in [0.2, 0.25) is 0 Å². The summed E-state index contributed by atoms with van der Waals surface area (Å²) in [6.45, 7) is 3.52. The third kappa shape index (κ3) is 1.40. The van der Waals surface area contributed by atoms with E-state index in [1.54, 1.807) is 6.92 Å². The van der Waals surface area contributed by atoms with Crippen molar-refractivity contribution in [2.45, 2.75) is 32.6 Å². The number of hydrogen-bond acceptors (Lipinski definition) is 2. The zero-order valence-electron chi connectivity index (χ0n) is 7.64. The Bertz CT molecular complexity index is 192. The molecule has 2 atom stereocenters. The highest BCUT2D eigenvalue weighted by Gasteiger charge is 2.54. The Kier molecular flexibility index (Phi) is 1.95. The second kappa shape index (κ2) is 2.84. The standard InChI is InChI=1S/C10H16O2/c1-8(11)5-9-6-10(9)3-2-4-12-7-10/h9H,2-7H2,1H3. The highest BCUT2D eigenvalue weighted by atomic mass is 16.5. The first-order valence-corrected chi connectivity index (χ1v) is 4.80. The van der Waals surface area contributed by atoms with Crippen molar-refractivity contribution in [1.29, 1.82) is 0 Å². The van der Waals surface area contributed by atoms with Crippen molar-refractivity contribution in [3.63, 3.8) is 0 Å². The molecule has 1 spiro atoms. The van der Waals surface area contributed by atoms with Crippen LogP contribution in [0.1, 0.15) is 32.6 Å². The second-order valence-corrected chi connectivity index (χ2v) is 4.33. The Balaban J connectivity index is 1.86. The first-order valence-electron chi connectivity index (χ1n) is 4.80. The van der Waals surface area contributed by atoms with E-state index in [2.05, 4.69) is 0 Å². The molecule has 2 rings (SSSR count). The van der Waals surface area contributed by atoms with Crippen LogP contribution in [0.5, 0.6) is 0 Å². The van der Waals surface area contributed by atoms with E-state index in [1.807, 2.05) is 0 Å². The highest BCUT2D eigenvalue weighted by molar-refractivity contribution is 5.76. The van der Waals surface area contributed by atoms with Crippen molar-refractivity contribution in [2.24, 2.45) is 11.3 Å². The number of carbonyl (C=O) groups is 1. The lowest BCUT2D eigenvalue weighted by Gasteiger charge is -2.22. The van der Waals surface area contributed by atoms with Crippen LogP contribution in [0.3, 0.4) is 0 Å². The number of carbonyl (C=O) groups excluding carboxylic acids is 1. The van der Waals surface area contributed by atoms with Crippen molar-refractivity contribution in [2.75, 3.05) is 13.2 Å². The molecule has 2 aliphatic rings. The van der Waals surface area contributed by atoms with E-state index < -0.39 is 0 Å². The van der Waals surface area contributed by atoms with Gasteiger partial charge in [0, 0.05) is 13.0 Å². The van der Waals surface area contributed by atoms with E-state index in [4.69, 9.17) is 4.74 Å². The number of Topliss-reactive ketones (excluding diaryl/α,β-unsaturated/α-hetero) is 1. The van der Waals surface area contributed by atoms with Crippen LogP contribution >= 0.6 is 0 Å².